The number of hydrogen-bond acceptors (Lipinski definition) is 2. The molecule has 0 heterocycles. The van der Waals surface area contributed by atoms with Crippen molar-refractivity contribution in [1.82, 2.24) is 0 Å². The summed E-state index contributed by atoms with van der Waals surface area (Å²) in [6.45, 7) is 1.60. The highest BCUT2D eigenvalue weighted by Crippen LogP contribution is 2.59. The van der Waals surface area contributed by atoms with E-state index in [0.29, 0.717) is 0 Å². The van der Waals surface area contributed by atoms with E-state index in [0.717, 1.165) is 19.3 Å². The summed E-state index contributed by atoms with van der Waals surface area (Å²) in [5.41, 5.74) is -1.03. The molecule has 0 aromatic carbocycles. The summed E-state index contributed by atoms with van der Waals surface area (Å²) in [5, 5.41) is 18.2. The van der Waals surface area contributed by atoms with E-state index in [1.54, 1.807) is 6.92 Å². The van der Waals surface area contributed by atoms with Gasteiger partial charge in [0.1, 0.15) is 0 Å². The van der Waals surface area contributed by atoms with Crippen LogP contribution < -0.4 is 0 Å². The zero-order valence-corrected chi connectivity index (χ0v) is 8.06. The fourth-order valence-electron chi connectivity index (χ4n) is 3.37. The van der Waals surface area contributed by atoms with Crippen LogP contribution in [0.25, 0.3) is 0 Å². The van der Waals surface area contributed by atoms with Crippen molar-refractivity contribution in [2.45, 2.75) is 26.2 Å². The van der Waals surface area contributed by atoms with E-state index in [4.69, 9.17) is 10.2 Å². The average Bonchev–Trinajstić information content (AvgIpc) is 2.61. The minimum Gasteiger partial charge on any atom is -0.481 e. The van der Waals surface area contributed by atoms with Crippen molar-refractivity contribution in [1.29, 1.82) is 0 Å². The van der Waals surface area contributed by atoms with Crippen molar-refractivity contribution in [2.75, 3.05) is 0 Å². The molecule has 0 aromatic heterocycles. The molecule has 4 heteroatoms. The quantitative estimate of drug-likeness (QED) is 0.699. The van der Waals surface area contributed by atoms with Gasteiger partial charge in [0.05, 0.1) is 11.3 Å². The molecule has 0 saturated heterocycles. The van der Waals surface area contributed by atoms with Gasteiger partial charge in [0.2, 0.25) is 0 Å². The van der Waals surface area contributed by atoms with Crippen LogP contribution in [0.4, 0.5) is 0 Å². The van der Waals surface area contributed by atoms with Crippen LogP contribution in [0.5, 0.6) is 0 Å². The maximum atomic E-state index is 11.2. The largest absolute Gasteiger partial charge is 0.481 e. The van der Waals surface area contributed by atoms with Crippen molar-refractivity contribution in [3.63, 3.8) is 0 Å². The molecule has 4 nitrogen and oxygen atoms in total. The molecule has 2 aliphatic carbocycles. The number of carboxylic acid groups (broad SMARTS) is 2. The number of hydrogen-bond donors (Lipinski definition) is 2. The van der Waals surface area contributed by atoms with Gasteiger partial charge in [0, 0.05) is 0 Å². The summed E-state index contributed by atoms with van der Waals surface area (Å²) in [6, 6.07) is 0. The highest BCUT2D eigenvalue weighted by molar-refractivity contribution is 5.84. The van der Waals surface area contributed by atoms with Crippen LogP contribution in [0, 0.1) is 23.2 Å². The summed E-state index contributed by atoms with van der Waals surface area (Å²) >= 11 is 0. The van der Waals surface area contributed by atoms with E-state index in [1.165, 1.54) is 0 Å². The lowest BCUT2D eigenvalue weighted by molar-refractivity contribution is -0.165. The summed E-state index contributed by atoms with van der Waals surface area (Å²) in [6.07, 6.45) is 2.53. The Kier molecular flexibility index (Phi) is 1.84. The molecule has 78 valence electrons. The van der Waals surface area contributed by atoms with Gasteiger partial charge < -0.3 is 10.2 Å². The second-order valence-corrected chi connectivity index (χ2v) is 4.67. The Bertz CT molecular complexity index is 298. The lowest BCUT2D eigenvalue weighted by Crippen LogP contribution is -2.44. The summed E-state index contributed by atoms with van der Waals surface area (Å²) in [5.74, 6) is -2.43. The zero-order valence-electron chi connectivity index (χ0n) is 8.06. The molecule has 2 N–H and O–H groups in total. The fourth-order valence-corrected chi connectivity index (χ4v) is 3.37. The van der Waals surface area contributed by atoms with Crippen molar-refractivity contribution >= 4 is 11.9 Å². The zero-order chi connectivity index (χ0) is 10.5. The normalized spacial score (nSPS) is 45.4. The van der Waals surface area contributed by atoms with Gasteiger partial charge in [-0.1, -0.05) is 0 Å². The molecule has 0 aromatic rings. The first-order valence-corrected chi connectivity index (χ1v) is 4.94. The molecule has 2 rings (SSSR count). The van der Waals surface area contributed by atoms with Crippen LogP contribution in [0.2, 0.25) is 0 Å². The van der Waals surface area contributed by atoms with E-state index in [-0.39, 0.29) is 11.8 Å². The fraction of sp³-hybridized carbons (Fsp3) is 0.800. The van der Waals surface area contributed by atoms with Crippen molar-refractivity contribution in [3.05, 3.63) is 0 Å². The third-order valence-corrected chi connectivity index (χ3v) is 4.17. The van der Waals surface area contributed by atoms with E-state index in [1.807, 2.05) is 0 Å². The third kappa shape index (κ3) is 0.938. The minimum absolute atomic E-state index is 0.0612. The summed E-state index contributed by atoms with van der Waals surface area (Å²) < 4.78 is 0. The topological polar surface area (TPSA) is 74.6 Å². The van der Waals surface area contributed by atoms with Crippen molar-refractivity contribution in [3.8, 4) is 0 Å². The predicted octanol–water partition coefficient (Wildman–Crippen LogP) is 1.21. The molecule has 2 saturated carbocycles. The number of rotatable bonds is 2. The molecule has 0 radical (unpaired) electrons. The Hall–Kier alpha value is -1.06. The molecule has 4 atom stereocenters. The summed E-state index contributed by atoms with van der Waals surface area (Å²) in [4.78, 5) is 22.2. The lowest BCUT2D eigenvalue weighted by Gasteiger charge is -2.34. The minimum atomic E-state index is -1.03. The van der Waals surface area contributed by atoms with Gasteiger partial charge in [0.25, 0.3) is 0 Å². The Morgan fingerprint density at radius 3 is 2.36 bits per heavy atom. The highest BCUT2D eigenvalue weighted by Gasteiger charge is 2.62. The van der Waals surface area contributed by atoms with Crippen LogP contribution in [0.1, 0.15) is 26.2 Å². The molecular weight excluding hydrogens is 184 g/mol. The number of fused-ring (bicyclic) bond motifs is 2. The van der Waals surface area contributed by atoms with Gasteiger partial charge in [-0.3, -0.25) is 9.59 Å². The van der Waals surface area contributed by atoms with Crippen molar-refractivity contribution < 1.29 is 19.8 Å². The van der Waals surface area contributed by atoms with E-state index in [2.05, 4.69) is 0 Å². The first kappa shape index (κ1) is 9.49. The number of carbonyl (C=O) groups is 2. The van der Waals surface area contributed by atoms with Gasteiger partial charge >= 0.3 is 11.9 Å². The molecule has 14 heavy (non-hydrogen) atoms. The first-order valence-electron chi connectivity index (χ1n) is 4.94. The second-order valence-electron chi connectivity index (χ2n) is 4.67. The number of carboxylic acids is 2. The molecular formula is C10H14O4. The van der Waals surface area contributed by atoms with Gasteiger partial charge in [-0.25, -0.2) is 0 Å². The van der Waals surface area contributed by atoms with Crippen LogP contribution in [0.3, 0.4) is 0 Å². The SMILES string of the molecule is C[C@]1(C(=O)O)[C@H]2CC[C@@H](C2)[C@@H]1C(=O)O. The second kappa shape index (κ2) is 2.72. The van der Waals surface area contributed by atoms with E-state index >= 15 is 0 Å². The van der Waals surface area contributed by atoms with Crippen LogP contribution in [-0.4, -0.2) is 22.2 Å². The van der Waals surface area contributed by atoms with Crippen LogP contribution in [0.15, 0.2) is 0 Å². The molecule has 0 unspecified atom stereocenters. The van der Waals surface area contributed by atoms with Crippen LogP contribution in [-0.2, 0) is 9.59 Å². The molecule has 2 bridgehead atoms. The Labute approximate surface area is 81.9 Å². The van der Waals surface area contributed by atoms with Gasteiger partial charge in [-0.05, 0) is 38.0 Å². The average molecular weight is 198 g/mol. The van der Waals surface area contributed by atoms with E-state index < -0.39 is 23.3 Å². The molecule has 0 aliphatic heterocycles. The Balaban J connectivity index is 2.39. The van der Waals surface area contributed by atoms with Crippen molar-refractivity contribution in [2.24, 2.45) is 23.2 Å². The maximum Gasteiger partial charge on any atom is 0.310 e. The van der Waals surface area contributed by atoms with Gasteiger partial charge in [0.15, 0.2) is 0 Å². The number of aliphatic carboxylic acids is 2. The Morgan fingerprint density at radius 1 is 1.29 bits per heavy atom. The maximum absolute atomic E-state index is 11.2. The predicted molar refractivity (Wildman–Crippen MR) is 47.7 cm³/mol. The lowest BCUT2D eigenvalue weighted by atomic mass is 9.67. The standard InChI is InChI=1S/C10H14O4/c1-10(9(13)14)6-3-2-5(4-6)7(10)8(11)12/h5-7H,2-4H2,1H3,(H,11,12)(H,13,14)/t5-,6-,7+,10-/m0/s1. The molecule has 0 spiro atoms. The van der Waals surface area contributed by atoms with E-state index in [9.17, 15) is 9.59 Å². The highest BCUT2D eigenvalue weighted by atomic mass is 16.4. The molecule has 2 aliphatic rings. The first-order chi connectivity index (χ1) is 6.48. The van der Waals surface area contributed by atoms with Gasteiger partial charge in [-0.2, -0.15) is 0 Å². The Morgan fingerprint density at radius 2 is 1.93 bits per heavy atom. The monoisotopic (exact) mass is 198 g/mol. The molecule has 2 fully saturated rings. The third-order valence-electron chi connectivity index (χ3n) is 4.17. The van der Waals surface area contributed by atoms with Crippen LogP contribution >= 0.6 is 0 Å². The smallest absolute Gasteiger partial charge is 0.310 e. The molecule has 0 amide bonds. The van der Waals surface area contributed by atoms with Gasteiger partial charge in [-0.15, -0.1) is 0 Å². The summed E-state index contributed by atoms with van der Waals surface area (Å²) in [7, 11) is 0.